The van der Waals surface area contributed by atoms with Crippen LogP contribution in [0.2, 0.25) is 0 Å². The van der Waals surface area contributed by atoms with E-state index < -0.39 is 22.1 Å². The summed E-state index contributed by atoms with van der Waals surface area (Å²) in [5.74, 6) is -0.933. The van der Waals surface area contributed by atoms with Gasteiger partial charge in [-0.15, -0.1) is 0 Å². The van der Waals surface area contributed by atoms with Crippen molar-refractivity contribution >= 4 is 27.5 Å². The molecule has 0 fully saturated rings. The Labute approximate surface area is 130 Å². The second-order valence-corrected chi connectivity index (χ2v) is 6.87. The molecule has 0 aliphatic heterocycles. The van der Waals surface area contributed by atoms with Crippen molar-refractivity contribution < 1.29 is 22.7 Å². The number of hydrogen-bond donors (Lipinski definition) is 1. The summed E-state index contributed by atoms with van der Waals surface area (Å²) in [6.45, 7) is 4.99. The Morgan fingerprint density at radius 2 is 1.73 bits per heavy atom. The fourth-order valence-corrected chi connectivity index (χ4v) is 2.21. The molecule has 0 aliphatic rings. The summed E-state index contributed by atoms with van der Waals surface area (Å²) in [4.78, 5) is 23.6. The molecule has 1 N–H and O–H groups in total. The Morgan fingerprint density at radius 1 is 1.18 bits per heavy atom. The van der Waals surface area contributed by atoms with Crippen molar-refractivity contribution in [2.45, 2.75) is 26.9 Å². The molecule has 0 saturated heterocycles. The highest BCUT2D eigenvalue weighted by Crippen LogP contribution is 2.13. The minimum absolute atomic E-state index is 0.330. The van der Waals surface area contributed by atoms with Crippen LogP contribution in [0.4, 0.5) is 5.69 Å². The van der Waals surface area contributed by atoms with E-state index in [1.54, 1.807) is 13.8 Å². The quantitative estimate of drug-likeness (QED) is 0.492. The van der Waals surface area contributed by atoms with Crippen LogP contribution in [0.1, 0.15) is 31.1 Å². The van der Waals surface area contributed by atoms with Gasteiger partial charge in [0.15, 0.2) is 6.10 Å². The predicted octanol–water partition coefficient (Wildman–Crippen LogP) is 2.14. The molecule has 6 nitrogen and oxygen atoms in total. The lowest BCUT2D eigenvalue weighted by molar-refractivity contribution is -0.140. The van der Waals surface area contributed by atoms with Crippen LogP contribution in [-0.4, -0.2) is 32.5 Å². The van der Waals surface area contributed by atoms with E-state index in [0.29, 0.717) is 11.3 Å². The predicted molar refractivity (Wildman–Crippen MR) is 84.2 cm³/mol. The van der Waals surface area contributed by atoms with E-state index in [-0.39, 0.29) is 5.78 Å². The number of Topliss-reactive ketones (excluding diaryl/α,β-unsaturated/α-hetero) is 1. The molecule has 7 heteroatoms. The van der Waals surface area contributed by atoms with Crippen LogP contribution >= 0.6 is 0 Å². The summed E-state index contributed by atoms with van der Waals surface area (Å²) in [7, 11) is -3.36. The Kier molecular flexibility index (Phi) is 5.87. The molecule has 1 aromatic rings. The van der Waals surface area contributed by atoms with Gasteiger partial charge in [0.2, 0.25) is 15.8 Å². The molecule has 0 unspecified atom stereocenters. The Balaban J connectivity index is 2.77. The van der Waals surface area contributed by atoms with Crippen LogP contribution in [0, 0.1) is 0 Å². The van der Waals surface area contributed by atoms with Crippen molar-refractivity contribution in [2.24, 2.45) is 0 Å². The minimum atomic E-state index is -3.36. The van der Waals surface area contributed by atoms with E-state index in [1.165, 1.54) is 37.3 Å². The molecule has 120 valence electrons. The van der Waals surface area contributed by atoms with Crippen molar-refractivity contribution in [1.29, 1.82) is 0 Å². The minimum Gasteiger partial charge on any atom is -0.451 e. The van der Waals surface area contributed by atoms with Crippen molar-refractivity contribution in [3.8, 4) is 0 Å². The van der Waals surface area contributed by atoms with Gasteiger partial charge in [0.1, 0.15) is 0 Å². The molecule has 0 radical (unpaired) electrons. The van der Waals surface area contributed by atoms with Crippen molar-refractivity contribution in [3.05, 3.63) is 41.5 Å². The monoisotopic (exact) mass is 325 g/mol. The standard InChI is InChI=1S/C15H19NO5S/c1-10(2)9-14(17)21-11(3)15(18)12-5-7-13(8-6-12)16-22(4,19)20/h5-9,11,16H,1-4H3/t11-/m1/s1. The summed E-state index contributed by atoms with van der Waals surface area (Å²) >= 11 is 0. The van der Waals surface area contributed by atoms with E-state index in [2.05, 4.69) is 4.72 Å². The molecule has 0 bridgehead atoms. The Morgan fingerprint density at radius 3 is 2.18 bits per heavy atom. The first kappa shape index (κ1) is 17.9. The van der Waals surface area contributed by atoms with Gasteiger partial charge in [-0.2, -0.15) is 0 Å². The van der Waals surface area contributed by atoms with Crippen molar-refractivity contribution in [1.82, 2.24) is 0 Å². The first-order valence-corrected chi connectivity index (χ1v) is 8.45. The fourth-order valence-electron chi connectivity index (χ4n) is 1.65. The SMILES string of the molecule is CC(C)=CC(=O)O[C@H](C)C(=O)c1ccc(NS(C)(=O)=O)cc1. The molecule has 1 atom stereocenters. The third kappa shape index (κ3) is 6.09. The lowest BCUT2D eigenvalue weighted by Crippen LogP contribution is -2.23. The normalized spacial score (nSPS) is 12.2. The van der Waals surface area contributed by atoms with E-state index in [9.17, 15) is 18.0 Å². The highest BCUT2D eigenvalue weighted by Gasteiger charge is 2.18. The molecule has 1 aromatic carbocycles. The third-order valence-electron chi connectivity index (χ3n) is 2.54. The molecular weight excluding hydrogens is 306 g/mol. The number of allylic oxidation sites excluding steroid dienone is 1. The highest BCUT2D eigenvalue weighted by molar-refractivity contribution is 7.92. The fraction of sp³-hybridized carbons (Fsp3) is 0.333. The molecule has 0 aromatic heterocycles. The van der Waals surface area contributed by atoms with Crippen LogP contribution in [-0.2, 0) is 19.6 Å². The Hall–Kier alpha value is -2.15. The van der Waals surface area contributed by atoms with Gasteiger partial charge in [-0.05, 0) is 45.0 Å². The van der Waals surface area contributed by atoms with Gasteiger partial charge < -0.3 is 4.74 Å². The number of carbonyl (C=O) groups excluding carboxylic acids is 2. The number of benzene rings is 1. The molecule has 0 aliphatic carbocycles. The van der Waals surface area contributed by atoms with E-state index in [4.69, 9.17) is 4.74 Å². The van der Waals surface area contributed by atoms with Gasteiger partial charge in [0.25, 0.3) is 0 Å². The maximum Gasteiger partial charge on any atom is 0.331 e. The summed E-state index contributed by atoms with van der Waals surface area (Å²) in [5, 5.41) is 0. The number of anilines is 1. The lowest BCUT2D eigenvalue weighted by Gasteiger charge is -2.11. The second-order valence-electron chi connectivity index (χ2n) is 5.12. The van der Waals surface area contributed by atoms with Gasteiger partial charge in [0.05, 0.1) is 6.26 Å². The summed E-state index contributed by atoms with van der Waals surface area (Å²) in [5.41, 5.74) is 1.46. The summed E-state index contributed by atoms with van der Waals surface area (Å²) in [6.07, 6.45) is 1.43. The van der Waals surface area contributed by atoms with E-state index >= 15 is 0 Å². The molecular formula is C15H19NO5S. The number of rotatable bonds is 6. The summed E-state index contributed by atoms with van der Waals surface area (Å²) in [6, 6.07) is 5.89. The van der Waals surface area contributed by atoms with Gasteiger partial charge in [0, 0.05) is 17.3 Å². The molecule has 0 saturated carbocycles. The van der Waals surface area contributed by atoms with Crippen LogP contribution in [0.25, 0.3) is 0 Å². The average Bonchev–Trinajstić information content (AvgIpc) is 2.35. The molecule has 0 spiro atoms. The second kappa shape index (κ2) is 7.22. The van der Waals surface area contributed by atoms with E-state index in [1.807, 2.05) is 0 Å². The number of nitrogens with one attached hydrogen (secondary N) is 1. The number of ether oxygens (including phenoxy) is 1. The molecule has 0 amide bonds. The van der Waals surface area contributed by atoms with Gasteiger partial charge in [-0.3, -0.25) is 9.52 Å². The summed E-state index contributed by atoms with van der Waals surface area (Å²) < 4.78 is 29.5. The largest absolute Gasteiger partial charge is 0.451 e. The zero-order valence-corrected chi connectivity index (χ0v) is 13.7. The topological polar surface area (TPSA) is 89.5 Å². The van der Waals surface area contributed by atoms with Gasteiger partial charge in [-0.25, -0.2) is 13.2 Å². The number of sulfonamides is 1. The maximum absolute atomic E-state index is 12.1. The zero-order chi connectivity index (χ0) is 16.9. The van der Waals surface area contributed by atoms with Crippen molar-refractivity contribution in [3.63, 3.8) is 0 Å². The molecule has 1 rings (SSSR count). The van der Waals surface area contributed by atoms with Crippen LogP contribution in [0.5, 0.6) is 0 Å². The van der Waals surface area contributed by atoms with Crippen LogP contribution in [0.3, 0.4) is 0 Å². The maximum atomic E-state index is 12.1. The number of esters is 1. The molecule has 0 heterocycles. The number of ketones is 1. The first-order valence-electron chi connectivity index (χ1n) is 6.56. The van der Waals surface area contributed by atoms with Gasteiger partial charge in [-0.1, -0.05) is 5.57 Å². The smallest absolute Gasteiger partial charge is 0.331 e. The number of carbonyl (C=O) groups is 2. The third-order valence-corrected chi connectivity index (χ3v) is 3.15. The van der Waals surface area contributed by atoms with Crippen LogP contribution in [0.15, 0.2) is 35.9 Å². The first-order chi connectivity index (χ1) is 10.1. The Bertz CT molecular complexity index is 685. The number of hydrogen-bond acceptors (Lipinski definition) is 5. The van der Waals surface area contributed by atoms with E-state index in [0.717, 1.165) is 11.8 Å². The van der Waals surface area contributed by atoms with Gasteiger partial charge >= 0.3 is 5.97 Å². The average molecular weight is 325 g/mol. The lowest BCUT2D eigenvalue weighted by atomic mass is 10.1. The highest BCUT2D eigenvalue weighted by atomic mass is 32.2. The molecule has 22 heavy (non-hydrogen) atoms. The zero-order valence-electron chi connectivity index (χ0n) is 12.9. The van der Waals surface area contributed by atoms with Crippen molar-refractivity contribution in [2.75, 3.05) is 11.0 Å². The van der Waals surface area contributed by atoms with Crippen LogP contribution < -0.4 is 4.72 Å².